The number of amides is 1. The molecule has 0 atom stereocenters. The van der Waals surface area contributed by atoms with Crippen LogP contribution >= 0.6 is 0 Å². The van der Waals surface area contributed by atoms with E-state index in [1.165, 1.54) is 11.3 Å². The van der Waals surface area contributed by atoms with Crippen LogP contribution in [0, 0.1) is 6.92 Å². The van der Waals surface area contributed by atoms with Gasteiger partial charge in [-0.05, 0) is 28.9 Å². The summed E-state index contributed by atoms with van der Waals surface area (Å²) in [6.45, 7) is 4.90. The molecule has 2 N–H and O–H groups in total. The molecule has 1 aliphatic heterocycles. The molecule has 0 aliphatic carbocycles. The Balaban J connectivity index is 1.67. The van der Waals surface area contributed by atoms with Crippen molar-refractivity contribution in [2.75, 3.05) is 36.8 Å². The van der Waals surface area contributed by atoms with Gasteiger partial charge in [-0.1, -0.05) is 18.2 Å². The van der Waals surface area contributed by atoms with E-state index in [4.69, 9.17) is 5.73 Å². The second-order valence-corrected chi connectivity index (χ2v) is 5.06. The molecule has 1 fully saturated rings. The van der Waals surface area contributed by atoms with Crippen molar-refractivity contribution in [3.8, 4) is 0 Å². The van der Waals surface area contributed by atoms with Crippen LogP contribution in [-0.4, -0.2) is 47.3 Å². The molecule has 1 aliphatic rings. The standard InChI is InChI=1S/C14H17N5O2/c1-10-4-2-3-5-11(10)18-6-8-19(9-7-18)14(20)12-13(15)17-21-16-12/h2-5H,6-9H2,1H3,(H2,15,17). The lowest BCUT2D eigenvalue weighted by atomic mass is 10.1. The molecule has 0 saturated carbocycles. The van der Waals surface area contributed by atoms with Crippen LogP contribution in [0.4, 0.5) is 11.5 Å². The average Bonchev–Trinajstić information content (AvgIpc) is 2.93. The van der Waals surface area contributed by atoms with Gasteiger partial charge in [-0.25, -0.2) is 4.63 Å². The first-order chi connectivity index (χ1) is 10.2. The van der Waals surface area contributed by atoms with Crippen molar-refractivity contribution in [1.29, 1.82) is 0 Å². The van der Waals surface area contributed by atoms with E-state index in [0.717, 1.165) is 13.1 Å². The Kier molecular flexibility index (Phi) is 3.47. The van der Waals surface area contributed by atoms with E-state index in [1.54, 1.807) is 4.90 Å². The SMILES string of the molecule is Cc1ccccc1N1CCN(C(=O)c2nonc2N)CC1. The van der Waals surface area contributed by atoms with Gasteiger partial charge < -0.3 is 15.5 Å². The Labute approximate surface area is 122 Å². The Bertz CT molecular complexity index is 646. The number of nitrogens with zero attached hydrogens (tertiary/aromatic N) is 4. The highest BCUT2D eigenvalue weighted by molar-refractivity contribution is 5.96. The summed E-state index contributed by atoms with van der Waals surface area (Å²) in [5, 5.41) is 7.01. The van der Waals surface area contributed by atoms with Crippen molar-refractivity contribution >= 4 is 17.4 Å². The molecule has 0 spiro atoms. The number of aromatic nitrogens is 2. The fourth-order valence-electron chi connectivity index (χ4n) is 2.56. The number of aryl methyl sites for hydroxylation is 1. The topological polar surface area (TPSA) is 88.5 Å². The zero-order valence-electron chi connectivity index (χ0n) is 11.8. The number of hydrogen-bond donors (Lipinski definition) is 1. The van der Waals surface area contributed by atoms with Crippen molar-refractivity contribution in [2.24, 2.45) is 0 Å². The number of benzene rings is 1. The molecule has 110 valence electrons. The Morgan fingerprint density at radius 2 is 1.90 bits per heavy atom. The van der Waals surface area contributed by atoms with Gasteiger partial charge in [0.05, 0.1) is 0 Å². The maximum absolute atomic E-state index is 12.3. The molecule has 1 aromatic carbocycles. The lowest BCUT2D eigenvalue weighted by molar-refractivity contribution is 0.0736. The first kappa shape index (κ1) is 13.4. The van der Waals surface area contributed by atoms with E-state index in [-0.39, 0.29) is 17.4 Å². The molecule has 3 rings (SSSR count). The van der Waals surface area contributed by atoms with E-state index >= 15 is 0 Å². The number of carbonyl (C=O) groups is 1. The van der Waals surface area contributed by atoms with Gasteiger partial charge in [0.1, 0.15) is 0 Å². The van der Waals surface area contributed by atoms with Crippen LogP contribution < -0.4 is 10.6 Å². The van der Waals surface area contributed by atoms with E-state index in [9.17, 15) is 4.79 Å². The highest BCUT2D eigenvalue weighted by Gasteiger charge is 2.26. The molecule has 21 heavy (non-hydrogen) atoms. The molecular formula is C14H17N5O2. The van der Waals surface area contributed by atoms with E-state index < -0.39 is 0 Å². The zero-order chi connectivity index (χ0) is 14.8. The largest absolute Gasteiger partial charge is 0.379 e. The van der Waals surface area contributed by atoms with Crippen molar-refractivity contribution in [2.45, 2.75) is 6.92 Å². The van der Waals surface area contributed by atoms with Crippen molar-refractivity contribution in [3.05, 3.63) is 35.5 Å². The van der Waals surface area contributed by atoms with Crippen LogP contribution in [-0.2, 0) is 0 Å². The average molecular weight is 287 g/mol. The number of hydrogen-bond acceptors (Lipinski definition) is 6. The van der Waals surface area contributed by atoms with E-state index in [1.807, 2.05) is 12.1 Å². The van der Waals surface area contributed by atoms with Gasteiger partial charge in [-0.15, -0.1) is 0 Å². The lowest BCUT2D eigenvalue weighted by Crippen LogP contribution is -2.49. The van der Waals surface area contributed by atoms with Crippen molar-refractivity contribution in [3.63, 3.8) is 0 Å². The molecule has 1 aromatic heterocycles. The van der Waals surface area contributed by atoms with Crippen molar-refractivity contribution in [1.82, 2.24) is 15.2 Å². The minimum Gasteiger partial charge on any atom is -0.379 e. The second kappa shape index (κ2) is 5.43. The molecule has 1 saturated heterocycles. The number of nitrogens with two attached hydrogens (primary N) is 1. The van der Waals surface area contributed by atoms with Gasteiger partial charge in [-0.3, -0.25) is 4.79 Å². The Morgan fingerprint density at radius 3 is 2.52 bits per heavy atom. The quantitative estimate of drug-likeness (QED) is 0.883. The summed E-state index contributed by atoms with van der Waals surface area (Å²) in [4.78, 5) is 16.3. The lowest BCUT2D eigenvalue weighted by Gasteiger charge is -2.36. The first-order valence-corrected chi connectivity index (χ1v) is 6.84. The molecule has 0 bridgehead atoms. The summed E-state index contributed by atoms with van der Waals surface area (Å²) in [6, 6.07) is 8.25. The van der Waals surface area contributed by atoms with Crippen LogP contribution in [0.5, 0.6) is 0 Å². The predicted octanol–water partition coefficient (Wildman–Crippen LogP) is 0.923. The van der Waals surface area contributed by atoms with Gasteiger partial charge >= 0.3 is 0 Å². The molecule has 2 aromatic rings. The molecule has 7 nitrogen and oxygen atoms in total. The highest BCUT2D eigenvalue weighted by atomic mass is 16.6. The molecule has 0 radical (unpaired) electrons. The molecular weight excluding hydrogens is 270 g/mol. The number of rotatable bonds is 2. The molecule has 2 heterocycles. The first-order valence-electron chi connectivity index (χ1n) is 6.84. The summed E-state index contributed by atoms with van der Waals surface area (Å²) in [6.07, 6.45) is 0. The van der Waals surface area contributed by atoms with Gasteiger partial charge in [0.15, 0.2) is 0 Å². The number of anilines is 2. The number of para-hydroxylation sites is 1. The minimum atomic E-state index is -0.224. The van der Waals surface area contributed by atoms with Gasteiger partial charge in [0.2, 0.25) is 11.5 Å². The predicted molar refractivity (Wildman–Crippen MR) is 78.0 cm³/mol. The smallest absolute Gasteiger partial charge is 0.280 e. The number of nitrogen functional groups attached to an aromatic ring is 1. The fourth-order valence-corrected chi connectivity index (χ4v) is 2.56. The van der Waals surface area contributed by atoms with Gasteiger partial charge in [0.25, 0.3) is 5.91 Å². The van der Waals surface area contributed by atoms with Gasteiger partial charge in [0, 0.05) is 31.9 Å². The highest BCUT2D eigenvalue weighted by Crippen LogP contribution is 2.21. The third kappa shape index (κ3) is 2.54. The molecule has 0 unspecified atom stereocenters. The summed E-state index contributed by atoms with van der Waals surface area (Å²) >= 11 is 0. The van der Waals surface area contributed by atoms with Crippen LogP contribution in [0.1, 0.15) is 16.1 Å². The third-order valence-corrected chi connectivity index (χ3v) is 3.74. The maximum atomic E-state index is 12.3. The monoisotopic (exact) mass is 287 g/mol. The normalized spacial score (nSPS) is 15.3. The summed E-state index contributed by atoms with van der Waals surface area (Å²) in [5.74, 6) is -0.181. The molecule has 1 amide bonds. The van der Waals surface area contributed by atoms with Crippen LogP contribution in [0.25, 0.3) is 0 Å². The number of carbonyl (C=O) groups excluding carboxylic acids is 1. The van der Waals surface area contributed by atoms with E-state index in [0.29, 0.717) is 13.1 Å². The number of piperazine rings is 1. The fraction of sp³-hybridized carbons (Fsp3) is 0.357. The minimum absolute atomic E-state index is 0.0429. The maximum Gasteiger partial charge on any atom is 0.280 e. The summed E-state index contributed by atoms with van der Waals surface area (Å²) in [5.41, 5.74) is 8.11. The third-order valence-electron chi connectivity index (χ3n) is 3.74. The zero-order valence-corrected chi connectivity index (χ0v) is 11.8. The van der Waals surface area contributed by atoms with Crippen LogP contribution in [0.15, 0.2) is 28.9 Å². The van der Waals surface area contributed by atoms with Crippen LogP contribution in [0.3, 0.4) is 0 Å². The summed E-state index contributed by atoms with van der Waals surface area (Å²) in [7, 11) is 0. The van der Waals surface area contributed by atoms with E-state index in [2.05, 4.69) is 38.9 Å². The van der Waals surface area contributed by atoms with Crippen LogP contribution in [0.2, 0.25) is 0 Å². The molecule has 7 heteroatoms. The van der Waals surface area contributed by atoms with Gasteiger partial charge in [-0.2, -0.15) is 0 Å². The van der Waals surface area contributed by atoms with Crippen molar-refractivity contribution < 1.29 is 9.42 Å². The Morgan fingerprint density at radius 1 is 1.19 bits per heavy atom. The summed E-state index contributed by atoms with van der Waals surface area (Å²) < 4.78 is 4.48. The second-order valence-electron chi connectivity index (χ2n) is 5.06. The Hall–Kier alpha value is -2.57.